The monoisotopic (exact) mass is 224 g/mol. The number of aliphatic imine (C=N–C) groups is 1. The van der Waals surface area contributed by atoms with Crippen molar-refractivity contribution < 1.29 is 0 Å². The highest BCUT2D eigenvalue weighted by Gasteiger charge is 2.40. The Labute approximate surface area is 96.3 Å². The summed E-state index contributed by atoms with van der Waals surface area (Å²) < 4.78 is 0. The summed E-state index contributed by atoms with van der Waals surface area (Å²) >= 11 is 1.95. The lowest BCUT2D eigenvalue weighted by molar-refractivity contribution is 0.452. The molecule has 0 radical (unpaired) electrons. The van der Waals surface area contributed by atoms with Crippen LogP contribution in [0.15, 0.2) is 4.99 Å². The van der Waals surface area contributed by atoms with Crippen LogP contribution in [-0.4, -0.2) is 23.0 Å². The van der Waals surface area contributed by atoms with E-state index in [0.29, 0.717) is 5.54 Å². The summed E-state index contributed by atoms with van der Waals surface area (Å²) in [7, 11) is 0. The van der Waals surface area contributed by atoms with E-state index in [2.05, 4.69) is 12.2 Å². The molecule has 1 saturated heterocycles. The van der Waals surface area contributed by atoms with E-state index in [1.807, 2.05) is 11.8 Å². The molecule has 2 aliphatic carbocycles. The number of nitrogens with zero attached hydrogens (tertiary/aromatic N) is 1. The minimum Gasteiger partial charge on any atom is -0.359 e. The molecule has 1 spiro atoms. The van der Waals surface area contributed by atoms with Gasteiger partial charge in [0.05, 0.1) is 0 Å². The number of amidine groups is 1. The zero-order valence-electron chi connectivity index (χ0n) is 9.46. The molecule has 0 bridgehead atoms. The molecule has 3 heteroatoms. The van der Waals surface area contributed by atoms with Crippen LogP contribution >= 0.6 is 11.8 Å². The zero-order valence-corrected chi connectivity index (χ0v) is 10.3. The van der Waals surface area contributed by atoms with Crippen LogP contribution in [0.3, 0.4) is 0 Å². The van der Waals surface area contributed by atoms with Crippen LogP contribution in [0.25, 0.3) is 0 Å². The van der Waals surface area contributed by atoms with E-state index in [1.165, 1.54) is 43.0 Å². The largest absolute Gasteiger partial charge is 0.359 e. The summed E-state index contributed by atoms with van der Waals surface area (Å²) in [5.74, 6) is 3.08. The van der Waals surface area contributed by atoms with Crippen molar-refractivity contribution in [2.45, 2.75) is 44.6 Å². The molecule has 2 atom stereocenters. The van der Waals surface area contributed by atoms with E-state index in [1.54, 1.807) is 0 Å². The Morgan fingerprint density at radius 3 is 2.87 bits per heavy atom. The average molecular weight is 224 g/mol. The molecule has 15 heavy (non-hydrogen) atoms. The highest BCUT2D eigenvalue weighted by Crippen LogP contribution is 2.39. The Kier molecular flexibility index (Phi) is 2.46. The Morgan fingerprint density at radius 2 is 2.20 bits per heavy atom. The van der Waals surface area contributed by atoms with Crippen molar-refractivity contribution in [3.8, 4) is 0 Å². The van der Waals surface area contributed by atoms with Gasteiger partial charge in [0, 0.05) is 17.8 Å². The fraction of sp³-hybridized carbons (Fsp3) is 0.917. The number of hydrogen-bond acceptors (Lipinski definition) is 2. The van der Waals surface area contributed by atoms with E-state index in [9.17, 15) is 0 Å². The van der Waals surface area contributed by atoms with E-state index < -0.39 is 0 Å². The van der Waals surface area contributed by atoms with Crippen molar-refractivity contribution in [2.75, 3.05) is 12.3 Å². The first-order valence-corrected chi connectivity index (χ1v) is 7.21. The topological polar surface area (TPSA) is 24.4 Å². The maximum Gasteiger partial charge on any atom is 0.157 e. The Balaban J connectivity index is 1.56. The average Bonchev–Trinajstić information content (AvgIpc) is 2.71. The molecule has 3 aliphatic rings. The number of hydrogen-bond donors (Lipinski definition) is 1. The molecule has 2 unspecified atom stereocenters. The summed E-state index contributed by atoms with van der Waals surface area (Å²) in [4.78, 5) is 4.72. The molecule has 0 aromatic rings. The molecule has 1 heterocycles. The van der Waals surface area contributed by atoms with Crippen LogP contribution in [0.5, 0.6) is 0 Å². The van der Waals surface area contributed by atoms with Crippen LogP contribution < -0.4 is 5.32 Å². The van der Waals surface area contributed by atoms with Gasteiger partial charge in [-0.25, -0.2) is 0 Å². The lowest BCUT2D eigenvalue weighted by atomic mass is 10.0. The van der Waals surface area contributed by atoms with Gasteiger partial charge in [-0.05, 0) is 31.1 Å². The van der Waals surface area contributed by atoms with Crippen molar-refractivity contribution in [2.24, 2.45) is 16.8 Å². The second-order valence-electron chi connectivity index (χ2n) is 5.52. The zero-order chi connectivity index (χ0) is 10.3. The fourth-order valence-corrected chi connectivity index (χ4v) is 3.99. The summed E-state index contributed by atoms with van der Waals surface area (Å²) in [5, 5.41) is 4.91. The fourth-order valence-electron chi connectivity index (χ4n) is 2.77. The molecule has 1 N–H and O–H groups in total. The molecular formula is C12H20N2S. The highest BCUT2D eigenvalue weighted by atomic mass is 32.2. The number of thioether (sulfide) groups is 1. The lowest BCUT2D eigenvalue weighted by Gasteiger charge is -2.21. The molecule has 3 rings (SSSR count). The van der Waals surface area contributed by atoms with E-state index >= 15 is 0 Å². The highest BCUT2D eigenvalue weighted by molar-refractivity contribution is 8.14. The van der Waals surface area contributed by atoms with Crippen molar-refractivity contribution in [3.05, 3.63) is 0 Å². The second kappa shape index (κ2) is 3.69. The first-order chi connectivity index (χ1) is 7.27. The van der Waals surface area contributed by atoms with Crippen molar-refractivity contribution in [1.82, 2.24) is 5.32 Å². The predicted octanol–water partition coefficient (Wildman–Crippen LogP) is 2.65. The number of nitrogens with one attached hydrogen (secondary N) is 1. The van der Waals surface area contributed by atoms with Crippen LogP contribution in [-0.2, 0) is 0 Å². The quantitative estimate of drug-likeness (QED) is 0.780. The lowest BCUT2D eigenvalue weighted by Crippen LogP contribution is -2.40. The van der Waals surface area contributed by atoms with Crippen LogP contribution in [0.4, 0.5) is 0 Å². The molecular weight excluding hydrogens is 204 g/mol. The van der Waals surface area contributed by atoms with E-state index in [4.69, 9.17) is 4.99 Å². The molecule has 1 aliphatic heterocycles. The van der Waals surface area contributed by atoms with Crippen molar-refractivity contribution in [1.29, 1.82) is 0 Å². The third-order valence-electron chi connectivity index (χ3n) is 4.16. The first-order valence-electron chi connectivity index (χ1n) is 6.23. The molecule has 2 saturated carbocycles. The maximum atomic E-state index is 4.72. The molecule has 84 valence electrons. The number of rotatable bonds is 2. The van der Waals surface area contributed by atoms with Gasteiger partial charge in [-0.2, -0.15) is 0 Å². The summed E-state index contributed by atoms with van der Waals surface area (Å²) in [6.07, 6.45) is 6.92. The molecule has 3 fully saturated rings. The smallest absolute Gasteiger partial charge is 0.157 e. The Hall–Kier alpha value is -0.180. The second-order valence-corrected chi connectivity index (χ2v) is 6.48. The molecule has 2 nitrogen and oxygen atoms in total. The summed E-state index contributed by atoms with van der Waals surface area (Å²) in [5.41, 5.74) is 0.443. The van der Waals surface area contributed by atoms with Gasteiger partial charge in [-0.15, -0.1) is 0 Å². The standard InChI is InChI=1S/C12H20N2S/c1-9-6-10(9)7-13-11-14-12(8-15-11)4-2-3-5-12/h9-10H,2-8H2,1H3,(H,13,14). The SMILES string of the molecule is CC1CC1CN=C1NC2(CCCC2)CS1. The van der Waals surface area contributed by atoms with Gasteiger partial charge in [0.1, 0.15) is 0 Å². The minimum absolute atomic E-state index is 0.443. The van der Waals surface area contributed by atoms with Gasteiger partial charge >= 0.3 is 0 Å². The summed E-state index contributed by atoms with van der Waals surface area (Å²) in [6, 6.07) is 0. The molecule has 0 amide bonds. The molecule has 0 aromatic heterocycles. The van der Waals surface area contributed by atoms with Gasteiger partial charge in [0.15, 0.2) is 5.17 Å². The van der Waals surface area contributed by atoms with Crippen LogP contribution in [0.1, 0.15) is 39.0 Å². The van der Waals surface area contributed by atoms with E-state index in [-0.39, 0.29) is 0 Å². The minimum atomic E-state index is 0.443. The Bertz CT molecular complexity index is 281. The van der Waals surface area contributed by atoms with Gasteiger partial charge in [0.2, 0.25) is 0 Å². The van der Waals surface area contributed by atoms with Crippen molar-refractivity contribution >= 4 is 16.9 Å². The van der Waals surface area contributed by atoms with Crippen LogP contribution in [0, 0.1) is 11.8 Å². The predicted molar refractivity (Wildman–Crippen MR) is 66.4 cm³/mol. The normalized spacial score (nSPS) is 39.9. The maximum absolute atomic E-state index is 4.72. The van der Waals surface area contributed by atoms with E-state index in [0.717, 1.165) is 18.4 Å². The Morgan fingerprint density at radius 1 is 1.47 bits per heavy atom. The molecule has 0 aromatic carbocycles. The first kappa shape index (κ1) is 10.0. The summed E-state index contributed by atoms with van der Waals surface area (Å²) in [6.45, 7) is 3.39. The van der Waals surface area contributed by atoms with Crippen molar-refractivity contribution in [3.63, 3.8) is 0 Å². The van der Waals surface area contributed by atoms with Gasteiger partial charge in [-0.1, -0.05) is 31.5 Å². The van der Waals surface area contributed by atoms with Gasteiger partial charge in [0.25, 0.3) is 0 Å². The van der Waals surface area contributed by atoms with Crippen LogP contribution in [0.2, 0.25) is 0 Å². The third kappa shape index (κ3) is 2.03. The van der Waals surface area contributed by atoms with Gasteiger partial charge in [-0.3, -0.25) is 4.99 Å². The van der Waals surface area contributed by atoms with Gasteiger partial charge < -0.3 is 5.32 Å². The third-order valence-corrected chi connectivity index (χ3v) is 5.37.